The number of carbonyl (C=O) groups is 1. The number of hydrogen-bond donors (Lipinski definition) is 2. The molecular weight excluding hydrogens is 204 g/mol. The summed E-state index contributed by atoms with van der Waals surface area (Å²) in [5.41, 5.74) is 3.09. The van der Waals surface area contributed by atoms with Crippen molar-refractivity contribution in [2.45, 2.75) is 6.54 Å². The molecule has 80 valence electrons. The van der Waals surface area contributed by atoms with Crippen LogP contribution in [0, 0.1) is 0 Å². The number of hydrogen-bond acceptors (Lipinski definition) is 1. The number of fused-ring (bicyclic) bond motifs is 3. The monoisotopic (exact) mass is 214 g/mol. The van der Waals surface area contributed by atoms with E-state index in [4.69, 9.17) is 5.11 Å². The van der Waals surface area contributed by atoms with Crippen LogP contribution in [0.15, 0.2) is 30.5 Å². The van der Waals surface area contributed by atoms with Gasteiger partial charge >= 0.3 is 6.09 Å². The van der Waals surface area contributed by atoms with Crippen LogP contribution in [-0.2, 0) is 6.54 Å². The molecule has 1 amide bonds. The van der Waals surface area contributed by atoms with Crippen molar-refractivity contribution in [3.63, 3.8) is 0 Å². The molecule has 0 atom stereocenters. The second kappa shape index (κ2) is 3.13. The number of aromatic amines is 1. The molecule has 3 rings (SSSR count). The molecule has 0 fully saturated rings. The van der Waals surface area contributed by atoms with E-state index in [1.165, 1.54) is 4.90 Å². The maximum atomic E-state index is 10.8. The Morgan fingerprint density at radius 3 is 3.00 bits per heavy atom. The van der Waals surface area contributed by atoms with Gasteiger partial charge in [-0.25, -0.2) is 4.79 Å². The van der Waals surface area contributed by atoms with Crippen LogP contribution in [0.1, 0.15) is 11.3 Å². The first-order valence-electron chi connectivity index (χ1n) is 5.03. The average molecular weight is 214 g/mol. The zero-order valence-electron chi connectivity index (χ0n) is 8.47. The largest absolute Gasteiger partial charge is 0.465 e. The highest BCUT2D eigenvalue weighted by molar-refractivity contribution is 5.91. The van der Waals surface area contributed by atoms with Crippen molar-refractivity contribution >= 4 is 23.1 Å². The second-order valence-electron chi connectivity index (χ2n) is 3.79. The predicted octanol–water partition coefficient (Wildman–Crippen LogP) is 2.63. The zero-order chi connectivity index (χ0) is 11.1. The number of rotatable bonds is 0. The molecule has 1 aliphatic rings. The van der Waals surface area contributed by atoms with Crippen LogP contribution in [0.25, 0.3) is 17.0 Å². The lowest BCUT2D eigenvalue weighted by Gasteiger charge is -2.17. The maximum Gasteiger partial charge on any atom is 0.411 e. The third-order valence-electron chi connectivity index (χ3n) is 2.82. The third kappa shape index (κ3) is 1.20. The summed E-state index contributed by atoms with van der Waals surface area (Å²) in [6.45, 7) is 0.385. The van der Waals surface area contributed by atoms with Crippen molar-refractivity contribution in [3.05, 3.63) is 41.7 Å². The number of H-pyrrole nitrogens is 1. The summed E-state index contributed by atoms with van der Waals surface area (Å²) in [7, 11) is 0. The Labute approximate surface area is 91.8 Å². The summed E-state index contributed by atoms with van der Waals surface area (Å²) in [6.07, 6.45) is 2.51. The van der Waals surface area contributed by atoms with Gasteiger partial charge in [0.2, 0.25) is 0 Å². The first-order chi connectivity index (χ1) is 7.75. The average Bonchev–Trinajstić information content (AvgIpc) is 2.66. The van der Waals surface area contributed by atoms with E-state index in [2.05, 4.69) is 4.98 Å². The van der Waals surface area contributed by atoms with E-state index in [9.17, 15) is 4.79 Å². The van der Waals surface area contributed by atoms with Crippen LogP contribution in [0.3, 0.4) is 0 Å². The van der Waals surface area contributed by atoms with Gasteiger partial charge in [-0.3, -0.25) is 4.90 Å². The third-order valence-corrected chi connectivity index (χ3v) is 2.82. The molecule has 0 saturated carbocycles. The Morgan fingerprint density at radius 2 is 2.19 bits per heavy atom. The SMILES string of the molecule is O=C(O)N1C=Cc2c([nH]c3ccccc23)C1. The van der Waals surface area contributed by atoms with Crippen LogP contribution in [-0.4, -0.2) is 21.1 Å². The Balaban J connectivity index is 2.16. The smallest absolute Gasteiger partial charge is 0.411 e. The Bertz CT molecular complexity index is 598. The molecule has 1 aromatic heterocycles. The van der Waals surface area contributed by atoms with E-state index in [1.54, 1.807) is 6.20 Å². The lowest BCUT2D eigenvalue weighted by Crippen LogP contribution is -2.25. The van der Waals surface area contributed by atoms with Gasteiger partial charge in [0.15, 0.2) is 0 Å². The van der Waals surface area contributed by atoms with Gasteiger partial charge < -0.3 is 10.1 Å². The molecular formula is C12H10N2O2. The number of benzene rings is 1. The van der Waals surface area contributed by atoms with Gasteiger partial charge in [-0.1, -0.05) is 18.2 Å². The fraction of sp³-hybridized carbons (Fsp3) is 0.0833. The molecule has 0 bridgehead atoms. The van der Waals surface area contributed by atoms with Gasteiger partial charge in [0.25, 0.3) is 0 Å². The maximum absolute atomic E-state index is 10.8. The number of amides is 1. The molecule has 1 aliphatic heterocycles. The summed E-state index contributed by atoms with van der Waals surface area (Å²) in [5.74, 6) is 0. The normalized spacial score (nSPS) is 14.1. The number of carboxylic acid groups (broad SMARTS) is 1. The van der Waals surface area contributed by atoms with Crippen molar-refractivity contribution in [3.8, 4) is 0 Å². The molecule has 4 nitrogen and oxygen atoms in total. The Kier molecular flexibility index (Phi) is 1.77. The summed E-state index contributed by atoms with van der Waals surface area (Å²) in [5, 5.41) is 10.0. The van der Waals surface area contributed by atoms with Gasteiger partial charge in [-0.15, -0.1) is 0 Å². The van der Waals surface area contributed by atoms with E-state index in [1.807, 2.05) is 30.3 Å². The van der Waals surface area contributed by atoms with Gasteiger partial charge in [0, 0.05) is 28.4 Å². The lowest BCUT2D eigenvalue weighted by molar-refractivity contribution is 0.160. The van der Waals surface area contributed by atoms with Crippen molar-refractivity contribution in [2.24, 2.45) is 0 Å². The Morgan fingerprint density at radius 1 is 1.38 bits per heavy atom. The fourth-order valence-corrected chi connectivity index (χ4v) is 2.05. The first-order valence-corrected chi connectivity index (χ1v) is 5.03. The molecule has 0 spiro atoms. The van der Waals surface area contributed by atoms with E-state index in [0.717, 1.165) is 22.2 Å². The molecule has 0 radical (unpaired) electrons. The van der Waals surface area contributed by atoms with Crippen molar-refractivity contribution in [2.75, 3.05) is 0 Å². The molecule has 0 unspecified atom stereocenters. The zero-order valence-corrected chi connectivity index (χ0v) is 8.47. The summed E-state index contributed by atoms with van der Waals surface area (Å²) in [6, 6.07) is 7.97. The summed E-state index contributed by atoms with van der Waals surface area (Å²) < 4.78 is 0. The van der Waals surface area contributed by atoms with E-state index >= 15 is 0 Å². The minimum atomic E-state index is -0.930. The standard InChI is InChI=1S/C12H10N2O2/c15-12(16)14-6-5-9-8-3-1-2-4-10(8)13-11(9)7-14/h1-6,13H,7H2,(H,15,16). The predicted molar refractivity (Wildman–Crippen MR) is 60.9 cm³/mol. The summed E-state index contributed by atoms with van der Waals surface area (Å²) in [4.78, 5) is 15.3. The quantitative estimate of drug-likeness (QED) is 0.708. The van der Waals surface area contributed by atoms with E-state index < -0.39 is 6.09 Å². The topological polar surface area (TPSA) is 56.3 Å². The van der Waals surface area contributed by atoms with E-state index in [-0.39, 0.29) is 0 Å². The fourth-order valence-electron chi connectivity index (χ4n) is 2.05. The molecule has 16 heavy (non-hydrogen) atoms. The second-order valence-corrected chi connectivity index (χ2v) is 3.79. The number of para-hydroxylation sites is 1. The van der Waals surface area contributed by atoms with Crippen molar-refractivity contribution in [1.29, 1.82) is 0 Å². The van der Waals surface area contributed by atoms with Crippen LogP contribution in [0.2, 0.25) is 0 Å². The lowest BCUT2D eigenvalue weighted by atomic mass is 10.1. The first kappa shape index (κ1) is 9.03. The molecule has 1 aromatic carbocycles. The molecule has 2 heterocycles. The summed E-state index contributed by atoms with van der Waals surface area (Å²) >= 11 is 0. The van der Waals surface area contributed by atoms with Crippen LogP contribution < -0.4 is 0 Å². The molecule has 0 aliphatic carbocycles. The van der Waals surface area contributed by atoms with Crippen LogP contribution >= 0.6 is 0 Å². The van der Waals surface area contributed by atoms with Gasteiger partial charge in [-0.2, -0.15) is 0 Å². The Hall–Kier alpha value is -2.23. The van der Waals surface area contributed by atoms with Crippen LogP contribution in [0.4, 0.5) is 4.79 Å². The van der Waals surface area contributed by atoms with E-state index in [0.29, 0.717) is 6.54 Å². The highest BCUT2D eigenvalue weighted by Crippen LogP contribution is 2.27. The van der Waals surface area contributed by atoms with Gasteiger partial charge in [0.1, 0.15) is 0 Å². The number of nitrogens with one attached hydrogen (secondary N) is 1. The molecule has 0 saturated heterocycles. The van der Waals surface area contributed by atoms with Crippen molar-refractivity contribution < 1.29 is 9.90 Å². The number of nitrogens with zero attached hydrogens (tertiary/aromatic N) is 1. The highest BCUT2D eigenvalue weighted by Gasteiger charge is 2.18. The van der Waals surface area contributed by atoms with Gasteiger partial charge in [-0.05, 0) is 12.1 Å². The number of aromatic nitrogens is 1. The van der Waals surface area contributed by atoms with Crippen LogP contribution in [0.5, 0.6) is 0 Å². The minimum Gasteiger partial charge on any atom is -0.465 e. The highest BCUT2D eigenvalue weighted by atomic mass is 16.4. The molecule has 4 heteroatoms. The molecule has 2 aromatic rings. The van der Waals surface area contributed by atoms with Crippen molar-refractivity contribution in [1.82, 2.24) is 9.88 Å². The van der Waals surface area contributed by atoms with Gasteiger partial charge in [0.05, 0.1) is 6.54 Å². The minimum absolute atomic E-state index is 0.385. The molecule has 2 N–H and O–H groups in total.